The highest BCUT2D eigenvalue weighted by molar-refractivity contribution is 5.37. The predicted molar refractivity (Wildman–Crippen MR) is 74.4 cm³/mol. The molecule has 0 saturated carbocycles. The van der Waals surface area contributed by atoms with E-state index < -0.39 is 0 Å². The van der Waals surface area contributed by atoms with Crippen LogP contribution >= 0.6 is 0 Å². The van der Waals surface area contributed by atoms with Crippen LogP contribution in [0.5, 0.6) is 0 Å². The summed E-state index contributed by atoms with van der Waals surface area (Å²) < 4.78 is 0. The molecule has 1 aromatic carbocycles. The lowest BCUT2D eigenvalue weighted by Crippen LogP contribution is -2.45. The highest BCUT2D eigenvalue weighted by Gasteiger charge is 2.38. The number of hydrogen-bond acceptors (Lipinski definition) is 1. The van der Waals surface area contributed by atoms with Crippen LogP contribution in [0, 0.1) is 5.92 Å². The number of rotatable bonds is 4. The van der Waals surface area contributed by atoms with Crippen molar-refractivity contribution in [2.45, 2.75) is 45.4 Å². The summed E-state index contributed by atoms with van der Waals surface area (Å²) in [6.45, 7) is 9.14. The van der Waals surface area contributed by atoms with E-state index >= 15 is 0 Å². The van der Waals surface area contributed by atoms with Gasteiger partial charge < -0.3 is 5.32 Å². The second-order valence-corrected chi connectivity index (χ2v) is 5.60. The second kappa shape index (κ2) is 5.22. The number of nitrogens with one attached hydrogen (secondary N) is 1. The molecule has 0 heterocycles. The van der Waals surface area contributed by atoms with E-state index in [9.17, 15) is 0 Å². The van der Waals surface area contributed by atoms with Crippen molar-refractivity contribution in [1.82, 2.24) is 5.32 Å². The summed E-state index contributed by atoms with van der Waals surface area (Å²) in [5.41, 5.74) is 3.53. The van der Waals surface area contributed by atoms with Crippen LogP contribution in [-0.4, -0.2) is 13.1 Å². The van der Waals surface area contributed by atoms with Crippen LogP contribution in [0.15, 0.2) is 24.3 Å². The van der Waals surface area contributed by atoms with Gasteiger partial charge in [0.05, 0.1) is 0 Å². The summed E-state index contributed by atoms with van der Waals surface area (Å²) in [6, 6.07) is 9.05. The van der Waals surface area contributed by atoms with Crippen LogP contribution < -0.4 is 5.32 Å². The summed E-state index contributed by atoms with van der Waals surface area (Å²) in [4.78, 5) is 0. The number of benzene rings is 1. The van der Waals surface area contributed by atoms with Gasteiger partial charge in [-0.05, 0) is 42.9 Å². The molecular weight excluding hydrogens is 206 g/mol. The lowest BCUT2D eigenvalue weighted by atomic mass is 9.64. The molecule has 1 nitrogen and oxygen atoms in total. The number of aryl methyl sites for hydroxylation is 1. The van der Waals surface area contributed by atoms with Gasteiger partial charge in [0.2, 0.25) is 0 Å². The molecule has 0 saturated heterocycles. The Labute approximate surface area is 106 Å². The Bertz CT molecular complexity index is 370. The molecule has 0 aliphatic heterocycles. The Morgan fingerprint density at radius 3 is 2.76 bits per heavy atom. The van der Waals surface area contributed by atoms with Gasteiger partial charge in [-0.25, -0.2) is 0 Å². The van der Waals surface area contributed by atoms with Crippen LogP contribution in [0.1, 0.15) is 44.7 Å². The van der Waals surface area contributed by atoms with Crippen molar-refractivity contribution in [3.63, 3.8) is 0 Å². The smallest absolute Gasteiger partial charge is 0.0103 e. The molecule has 17 heavy (non-hydrogen) atoms. The Morgan fingerprint density at radius 2 is 2.06 bits per heavy atom. The quantitative estimate of drug-likeness (QED) is 0.836. The van der Waals surface area contributed by atoms with Crippen molar-refractivity contribution in [2.24, 2.45) is 5.92 Å². The number of likely N-dealkylation sites (N-methyl/N-ethyl adjacent to an activating group) is 1. The first-order chi connectivity index (χ1) is 8.20. The molecule has 0 spiro atoms. The van der Waals surface area contributed by atoms with E-state index in [1.54, 1.807) is 11.1 Å². The molecule has 1 atom stereocenters. The van der Waals surface area contributed by atoms with E-state index in [0.29, 0.717) is 11.3 Å². The van der Waals surface area contributed by atoms with Crippen LogP contribution in [0.4, 0.5) is 0 Å². The molecule has 0 amide bonds. The predicted octanol–water partition coefficient (Wildman–Crippen LogP) is 3.53. The van der Waals surface area contributed by atoms with Crippen molar-refractivity contribution in [3.05, 3.63) is 35.4 Å². The molecule has 1 heteroatoms. The molecule has 1 N–H and O–H groups in total. The van der Waals surface area contributed by atoms with Crippen molar-refractivity contribution < 1.29 is 0 Å². The Balaban J connectivity index is 2.40. The summed E-state index contributed by atoms with van der Waals surface area (Å²) in [5.74, 6) is 0.697. The molecule has 1 unspecified atom stereocenters. The van der Waals surface area contributed by atoms with Gasteiger partial charge in [0, 0.05) is 12.0 Å². The first kappa shape index (κ1) is 12.6. The fourth-order valence-electron chi connectivity index (χ4n) is 3.29. The molecule has 0 aromatic heterocycles. The topological polar surface area (TPSA) is 12.0 Å². The summed E-state index contributed by atoms with van der Waals surface area (Å²) >= 11 is 0. The Kier molecular flexibility index (Phi) is 3.88. The van der Waals surface area contributed by atoms with Crippen LogP contribution in [0.25, 0.3) is 0 Å². The molecule has 0 bridgehead atoms. The fourth-order valence-corrected chi connectivity index (χ4v) is 3.29. The highest BCUT2D eigenvalue weighted by Crippen LogP contribution is 2.42. The fraction of sp³-hybridized carbons (Fsp3) is 0.625. The third kappa shape index (κ3) is 2.26. The van der Waals surface area contributed by atoms with E-state index in [0.717, 1.165) is 13.1 Å². The van der Waals surface area contributed by atoms with Gasteiger partial charge in [0.1, 0.15) is 0 Å². The molecule has 94 valence electrons. The average molecular weight is 231 g/mol. The van der Waals surface area contributed by atoms with E-state index in [-0.39, 0.29) is 0 Å². The molecule has 1 aliphatic carbocycles. The summed E-state index contributed by atoms with van der Waals surface area (Å²) in [6.07, 6.45) is 3.92. The SMILES string of the molecule is CCNCC1(C(C)C)CCCc2ccccc21. The summed E-state index contributed by atoms with van der Waals surface area (Å²) in [7, 11) is 0. The highest BCUT2D eigenvalue weighted by atomic mass is 14.9. The first-order valence-corrected chi connectivity index (χ1v) is 7.00. The maximum Gasteiger partial charge on any atom is 0.0103 e. The van der Waals surface area contributed by atoms with Gasteiger partial charge in [0.25, 0.3) is 0 Å². The van der Waals surface area contributed by atoms with Crippen molar-refractivity contribution >= 4 is 0 Å². The zero-order valence-corrected chi connectivity index (χ0v) is 11.4. The van der Waals surface area contributed by atoms with E-state index in [2.05, 4.69) is 50.4 Å². The van der Waals surface area contributed by atoms with Gasteiger partial charge >= 0.3 is 0 Å². The molecule has 0 fully saturated rings. The zero-order chi connectivity index (χ0) is 12.3. The van der Waals surface area contributed by atoms with E-state index in [4.69, 9.17) is 0 Å². The second-order valence-electron chi connectivity index (χ2n) is 5.60. The minimum Gasteiger partial charge on any atom is -0.316 e. The Morgan fingerprint density at radius 1 is 1.29 bits per heavy atom. The lowest BCUT2D eigenvalue weighted by molar-refractivity contribution is 0.252. The van der Waals surface area contributed by atoms with Crippen molar-refractivity contribution in [1.29, 1.82) is 0 Å². The zero-order valence-electron chi connectivity index (χ0n) is 11.4. The minimum absolute atomic E-state index is 0.352. The first-order valence-electron chi connectivity index (χ1n) is 7.00. The Hall–Kier alpha value is -0.820. The minimum atomic E-state index is 0.352. The van der Waals surface area contributed by atoms with Crippen LogP contribution in [-0.2, 0) is 11.8 Å². The molecule has 2 rings (SSSR count). The van der Waals surface area contributed by atoms with Gasteiger partial charge in [0.15, 0.2) is 0 Å². The molecule has 0 radical (unpaired) electrons. The molecule has 1 aromatic rings. The maximum atomic E-state index is 3.58. The number of fused-ring (bicyclic) bond motifs is 1. The third-order valence-corrected chi connectivity index (χ3v) is 4.42. The molecule has 1 aliphatic rings. The number of hydrogen-bond donors (Lipinski definition) is 1. The summed E-state index contributed by atoms with van der Waals surface area (Å²) in [5, 5.41) is 3.58. The van der Waals surface area contributed by atoms with Gasteiger partial charge in [-0.15, -0.1) is 0 Å². The standard InChI is InChI=1S/C16H25N/c1-4-17-12-16(13(2)3)11-7-9-14-8-5-6-10-15(14)16/h5-6,8,10,13,17H,4,7,9,11-12H2,1-3H3. The average Bonchev–Trinajstić information content (AvgIpc) is 2.36. The van der Waals surface area contributed by atoms with Gasteiger partial charge in [-0.2, -0.15) is 0 Å². The van der Waals surface area contributed by atoms with Crippen LogP contribution in [0.3, 0.4) is 0 Å². The van der Waals surface area contributed by atoms with E-state index in [1.165, 1.54) is 19.3 Å². The van der Waals surface area contributed by atoms with Crippen molar-refractivity contribution in [2.75, 3.05) is 13.1 Å². The van der Waals surface area contributed by atoms with Crippen molar-refractivity contribution in [3.8, 4) is 0 Å². The van der Waals surface area contributed by atoms with Gasteiger partial charge in [-0.1, -0.05) is 45.0 Å². The molecular formula is C16H25N. The van der Waals surface area contributed by atoms with Gasteiger partial charge in [-0.3, -0.25) is 0 Å². The maximum absolute atomic E-state index is 3.58. The van der Waals surface area contributed by atoms with Crippen LogP contribution in [0.2, 0.25) is 0 Å². The normalized spacial score (nSPS) is 23.8. The monoisotopic (exact) mass is 231 g/mol. The van der Waals surface area contributed by atoms with E-state index in [1.807, 2.05) is 0 Å². The largest absolute Gasteiger partial charge is 0.316 e. The third-order valence-electron chi connectivity index (χ3n) is 4.42. The lowest BCUT2D eigenvalue weighted by Gasteiger charge is -2.43.